The number of fused-ring (bicyclic) bond motifs is 6. The summed E-state index contributed by atoms with van der Waals surface area (Å²) < 4.78 is 215. The molecule has 2 aliphatic heterocycles. The molecule has 0 spiro atoms. The Morgan fingerprint density at radius 1 is 0.595 bits per heavy atom. The lowest BCUT2D eigenvalue weighted by Crippen LogP contribution is -2.33. The molecule has 30 heteroatoms. The van der Waals surface area contributed by atoms with E-state index in [-0.39, 0.29) is 112 Å². The Morgan fingerprint density at radius 3 is 1.70 bits per heavy atom. The van der Waals surface area contributed by atoms with Crippen LogP contribution in [0, 0.1) is 0 Å². The molecule has 2 atom stereocenters. The summed E-state index contributed by atoms with van der Waals surface area (Å²) in [5.74, 6) is -1.69. The molecule has 0 amide bonds. The number of methoxy groups -OCH3 is 2. The number of rotatable bonds is 35. The first-order valence-corrected chi connectivity index (χ1v) is 33.8. The van der Waals surface area contributed by atoms with Gasteiger partial charge in [-0.25, -0.2) is 8.42 Å². The van der Waals surface area contributed by atoms with Crippen LogP contribution in [0.2, 0.25) is 0 Å². The summed E-state index contributed by atoms with van der Waals surface area (Å²) in [4.78, 5) is 9.95. The number of hydrogen-bond acceptors (Lipinski definition) is 19. The zero-order valence-electron chi connectivity index (χ0n) is 46.7. The lowest BCUT2D eigenvalue weighted by atomic mass is 9.74. The first-order chi connectivity index (χ1) is 39.4. The number of benzene rings is 4. The molecule has 2 heterocycles. The molecule has 0 aromatic heterocycles. The maximum atomic E-state index is 12.9. The van der Waals surface area contributed by atoms with Crippen LogP contribution >= 0.6 is 0 Å². The van der Waals surface area contributed by atoms with Crippen LogP contribution in [0.3, 0.4) is 0 Å². The summed E-state index contributed by atoms with van der Waals surface area (Å²) in [5, 5.41) is 9.13. The Balaban J connectivity index is 1.53. The van der Waals surface area contributed by atoms with Gasteiger partial charge in [0, 0.05) is 73.7 Å². The van der Waals surface area contributed by atoms with Crippen molar-refractivity contribution in [1.82, 2.24) is 0 Å². The quantitative estimate of drug-likeness (QED) is 0.0156. The number of allylic oxidation sites excluding steroid dienone is 6. The second-order valence-corrected chi connectivity index (χ2v) is 27.4. The van der Waals surface area contributed by atoms with Crippen LogP contribution in [0.25, 0.3) is 21.5 Å². The van der Waals surface area contributed by atoms with Crippen molar-refractivity contribution >= 4 is 95.2 Å². The molecule has 4 aromatic carbocycles. The minimum absolute atomic E-state index is 0.0243. The molecule has 0 fully saturated rings. The molecule has 0 saturated carbocycles. The van der Waals surface area contributed by atoms with E-state index in [4.69, 9.17) is 28.4 Å². The number of ether oxygens (including phenoxy) is 6. The Morgan fingerprint density at radius 2 is 1.14 bits per heavy atom. The van der Waals surface area contributed by atoms with E-state index in [1.807, 2.05) is 11.8 Å². The Hall–Kier alpha value is -5.13. The van der Waals surface area contributed by atoms with Crippen LogP contribution in [0.15, 0.2) is 104 Å². The van der Waals surface area contributed by atoms with Crippen molar-refractivity contribution in [3.8, 4) is 0 Å². The number of hydrogen-bond donors (Lipinski definition) is 5. The van der Waals surface area contributed by atoms with Gasteiger partial charge in [0.2, 0.25) is 5.69 Å². The van der Waals surface area contributed by atoms with Crippen molar-refractivity contribution in [1.29, 1.82) is 0 Å². The topological polar surface area (TPSA) is 374 Å². The first kappa shape index (κ1) is 68.0. The second-order valence-electron chi connectivity index (χ2n) is 20.3. The summed E-state index contributed by atoms with van der Waals surface area (Å²) in [6, 6.07) is 9.22. The molecular formula is C54H70N2O23S5. The zero-order valence-corrected chi connectivity index (χ0v) is 50.8. The van der Waals surface area contributed by atoms with E-state index in [1.54, 1.807) is 61.1 Å². The van der Waals surface area contributed by atoms with Gasteiger partial charge in [0.25, 0.3) is 40.5 Å². The van der Waals surface area contributed by atoms with Gasteiger partial charge in [-0.3, -0.25) is 23.0 Å². The SMILES string of the molecule is COCCOCCOCCOCCC1(C)\C(=C/C=C/C=C/C2=[N+](CCOCCOC)c3ccc4c(S(=O)(=O)O)cc(S(=O)(=O)O)cc4c3C2(C)CCCS(=O)(=O)O)N(CCCCCC(=O)O)c2ccc3c(S(=O)(=O)[O-])cc(S(=O)(=O)O)cc3c21. The van der Waals surface area contributed by atoms with Crippen LogP contribution in [-0.2, 0) is 94.6 Å². The highest BCUT2D eigenvalue weighted by molar-refractivity contribution is 7.87. The Kier molecular flexibility index (Phi) is 23.1. The Bertz CT molecular complexity index is 3790. The first-order valence-electron chi connectivity index (χ1n) is 26.4. The fraction of sp³-hybridized carbons (Fsp3) is 0.481. The molecular weight excluding hydrogens is 1200 g/mol. The van der Waals surface area contributed by atoms with E-state index >= 15 is 0 Å². The average molecular weight is 1280 g/mol. The fourth-order valence-electron chi connectivity index (χ4n) is 10.8. The summed E-state index contributed by atoms with van der Waals surface area (Å²) in [6.45, 7) is 6.10. The molecule has 25 nitrogen and oxygen atoms in total. The molecule has 84 heavy (non-hydrogen) atoms. The summed E-state index contributed by atoms with van der Waals surface area (Å²) in [5.41, 5.74) is -0.0225. The minimum Gasteiger partial charge on any atom is -0.744 e. The van der Waals surface area contributed by atoms with Gasteiger partial charge in [-0.2, -0.15) is 38.2 Å². The zero-order chi connectivity index (χ0) is 61.9. The third-order valence-electron chi connectivity index (χ3n) is 14.5. The lowest BCUT2D eigenvalue weighted by molar-refractivity contribution is -0.442. The van der Waals surface area contributed by atoms with E-state index < -0.39 is 92.7 Å². The standard InChI is InChI=1S/C54H70N2O23S5/c1-53(19-11-33-80(59,60)61)48(56(22-24-77-27-25-74-3)45-18-16-40-42(51(45)53)34-38(81(62,63)64)36-46(40)83(68,69)70)12-7-5-8-13-49-54(2,20-23-76-29-30-79-32-31-78-28-26-75-4)52-43-35-39(82(65,66)67)37-47(84(71,72)73)41(43)15-17-44(52)55(49)21-10-6-9-14-50(57)58/h5,7-8,12-13,15-18,34-37H,6,9-11,14,19-33H2,1-4H3,(H5-,57,58,59,60,61,62,63,64,65,66,67,68,69,70,71,72,73). The minimum atomic E-state index is -5.36. The fourth-order valence-corrected chi connectivity index (χ4v) is 13.9. The van der Waals surface area contributed by atoms with Crippen molar-refractivity contribution in [3.63, 3.8) is 0 Å². The number of carboxylic acid groups (broad SMARTS) is 1. The van der Waals surface area contributed by atoms with Crippen LogP contribution in [0.4, 0.5) is 11.4 Å². The molecule has 0 bridgehead atoms. The smallest absolute Gasteiger partial charge is 0.303 e. The van der Waals surface area contributed by atoms with E-state index in [0.717, 1.165) is 12.1 Å². The van der Waals surface area contributed by atoms with Gasteiger partial charge >= 0.3 is 5.97 Å². The summed E-state index contributed by atoms with van der Waals surface area (Å²) in [7, 11) is -22.2. The summed E-state index contributed by atoms with van der Waals surface area (Å²) >= 11 is 0. The van der Waals surface area contributed by atoms with E-state index in [2.05, 4.69) is 0 Å². The number of carboxylic acids is 1. The van der Waals surface area contributed by atoms with Crippen LogP contribution < -0.4 is 4.90 Å². The van der Waals surface area contributed by atoms with Gasteiger partial charge in [-0.15, -0.1) is 0 Å². The number of unbranched alkanes of at least 4 members (excludes halogenated alkanes) is 2. The molecule has 464 valence electrons. The van der Waals surface area contributed by atoms with Crippen molar-refractivity contribution in [2.45, 2.75) is 89.2 Å². The normalized spacial score (nSPS) is 18.4. The highest BCUT2D eigenvalue weighted by atomic mass is 32.2. The van der Waals surface area contributed by atoms with Crippen molar-refractivity contribution in [2.75, 3.05) is 104 Å². The molecule has 0 aliphatic carbocycles. The third kappa shape index (κ3) is 16.9. The van der Waals surface area contributed by atoms with Crippen molar-refractivity contribution in [2.24, 2.45) is 0 Å². The van der Waals surface area contributed by atoms with Gasteiger partial charge in [0.05, 0.1) is 78.7 Å². The van der Waals surface area contributed by atoms with Gasteiger partial charge in [-0.05, 0) is 110 Å². The molecule has 4 aromatic rings. The average Bonchev–Trinajstić information content (AvgIpc) is 1.55. The molecule has 2 unspecified atom stereocenters. The molecule has 6 rings (SSSR count). The van der Waals surface area contributed by atoms with Gasteiger partial charge < -0.3 is 43.0 Å². The van der Waals surface area contributed by atoms with E-state index in [9.17, 15) is 74.8 Å². The largest absolute Gasteiger partial charge is 0.744 e. The maximum absolute atomic E-state index is 12.9. The monoisotopic (exact) mass is 1270 g/mol. The number of nitrogens with zero attached hydrogens (tertiary/aromatic N) is 2. The molecule has 2 aliphatic rings. The molecule has 5 N–H and O–H groups in total. The number of aliphatic carboxylic acids is 1. The van der Waals surface area contributed by atoms with Crippen molar-refractivity contribution < 1.29 is 108 Å². The van der Waals surface area contributed by atoms with E-state index in [0.29, 0.717) is 79.6 Å². The number of anilines is 1. The molecule has 0 radical (unpaired) electrons. The number of carbonyl (C=O) groups is 1. The predicted molar refractivity (Wildman–Crippen MR) is 307 cm³/mol. The van der Waals surface area contributed by atoms with Gasteiger partial charge in [-0.1, -0.05) is 30.7 Å². The Labute approximate surface area is 489 Å². The van der Waals surface area contributed by atoms with Crippen LogP contribution in [0.1, 0.15) is 69.9 Å². The van der Waals surface area contributed by atoms with Crippen molar-refractivity contribution in [3.05, 3.63) is 95.7 Å². The predicted octanol–water partition coefficient (Wildman–Crippen LogP) is 5.83. The van der Waals surface area contributed by atoms with E-state index in [1.165, 1.54) is 19.2 Å². The third-order valence-corrected chi connectivity index (χ3v) is 18.8. The van der Waals surface area contributed by atoms with Crippen LogP contribution in [-0.4, -0.2) is 185 Å². The molecule has 0 saturated heterocycles. The van der Waals surface area contributed by atoms with Gasteiger partial charge in [0.1, 0.15) is 21.6 Å². The highest BCUT2D eigenvalue weighted by Gasteiger charge is 2.49. The van der Waals surface area contributed by atoms with Gasteiger partial charge in [0.15, 0.2) is 12.3 Å². The summed E-state index contributed by atoms with van der Waals surface area (Å²) in [6.07, 6.45) is 9.39. The van der Waals surface area contributed by atoms with Crippen LogP contribution in [0.5, 0.6) is 0 Å². The highest BCUT2D eigenvalue weighted by Crippen LogP contribution is 2.54. The maximum Gasteiger partial charge on any atom is 0.303 e. The lowest BCUT2D eigenvalue weighted by Gasteiger charge is -2.31. The second kappa shape index (κ2) is 28.6.